The molecule has 27 heavy (non-hydrogen) atoms. The average Bonchev–Trinajstić information content (AvgIpc) is 2.55. The molecule has 0 aliphatic heterocycles. The number of hydrogen-bond donors (Lipinski definition) is 1. The molecule has 146 valence electrons. The van der Waals surface area contributed by atoms with E-state index in [9.17, 15) is 13.2 Å². The quantitative estimate of drug-likeness (QED) is 0.753. The van der Waals surface area contributed by atoms with E-state index in [4.69, 9.17) is 23.2 Å². The van der Waals surface area contributed by atoms with Crippen LogP contribution in [0.3, 0.4) is 0 Å². The predicted molar refractivity (Wildman–Crippen MR) is 111 cm³/mol. The summed E-state index contributed by atoms with van der Waals surface area (Å²) < 4.78 is 26.0. The number of carbonyl (C=O) groups is 1. The number of hydrogen-bond acceptors (Lipinski definition) is 3. The van der Waals surface area contributed by atoms with Gasteiger partial charge in [-0.2, -0.15) is 0 Å². The van der Waals surface area contributed by atoms with Crippen LogP contribution in [0.4, 0.5) is 5.69 Å². The van der Waals surface area contributed by atoms with Crippen molar-refractivity contribution >= 4 is 44.8 Å². The second kappa shape index (κ2) is 8.50. The van der Waals surface area contributed by atoms with Gasteiger partial charge in [0.05, 0.1) is 11.9 Å². The zero-order valence-electron chi connectivity index (χ0n) is 15.6. The standard InChI is InChI=1S/C19H22Cl2N2O3S/c1-12-5-6-13(2)18(9-12)23(27(4,25)26)14(3)19(24)22-11-15-7-8-16(20)10-17(15)21/h5-10,14H,11H2,1-4H3,(H,22,24)/t14-/m1/s1. The van der Waals surface area contributed by atoms with E-state index < -0.39 is 22.0 Å². The number of nitrogens with one attached hydrogen (secondary N) is 1. The van der Waals surface area contributed by atoms with Crippen LogP contribution in [0.5, 0.6) is 0 Å². The van der Waals surface area contributed by atoms with Crippen LogP contribution in [0.1, 0.15) is 23.6 Å². The molecule has 8 heteroatoms. The molecule has 1 amide bonds. The van der Waals surface area contributed by atoms with Crippen LogP contribution in [-0.4, -0.2) is 26.6 Å². The Morgan fingerprint density at radius 3 is 2.41 bits per heavy atom. The highest BCUT2D eigenvalue weighted by Gasteiger charge is 2.30. The normalized spacial score (nSPS) is 12.5. The monoisotopic (exact) mass is 428 g/mol. The number of anilines is 1. The van der Waals surface area contributed by atoms with Crippen molar-refractivity contribution in [1.82, 2.24) is 5.32 Å². The van der Waals surface area contributed by atoms with Gasteiger partial charge in [0.15, 0.2) is 0 Å². The fourth-order valence-electron chi connectivity index (χ4n) is 2.73. The van der Waals surface area contributed by atoms with Gasteiger partial charge in [-0.1, -0.05) is 41.4 Å². The third-order valence-corrected chi connectivity index (χ3v) is 5.97. The minimum absolute atomic E-state index is 0.170. The highest BCUT2D eigenvalue weighted by Crippen LogP contribution is 2.26. The number of sulfonamides is 1. The zero-order chi connectivity index (χ0) is 20.4. The minimum Gasteiger partial charge on any atom is -0.350 e. The lowest BCUT2D eigenvalue weighted by Gasteiger charge is -2.29. The lowest BCUT2D eigenvalue weighted by Crippen LogP contribution is -2.48. The molecule has 2 aromatic carbocycles. The third kappa shape index (κ3) is 5.37. The average molecular weight is 429 g/mol. The summed E-state index contributed by atoms with van der Waals surface area (Å²) in [6.07, 6.45) is 1.09. The van der Waals surface area contributed by atoms with Gasteiger partial charge in [0.1, 0.15) is 6.04 Å². The van der Waals surface area contributed by atoms with Gasteiger partial charge in [0.2, 0.25) is 15.9 Å². The van der Waals surface area contributed by atoms with Gasteiger partial charge in [0, 0.05) is 16.6 Å². The Hall–Kier alpha value is -1.76. The first-order valence-electron chi connectivity index (χ1n) is 8.29. The third-order valence-electron chi connectivity index (χ3n) is 4.16. The minimum atomic E-state index is -3.67. The number of rotatable bonds is 6. The predicted octanol–water partition coefficient (Wildman–Crippen LogP) is 4.08. The lowest BCUT2D eigenvalue weighted by atomic mass is 10.1. The molecular weight excluding hydrogens is 407 g/mol. The number of nitrogens with zero attached hydrogens (tertiary/aromatic N) is 1. The van der Waals surface area contributed by atoms with E-state index in [2.05, 4.69) is 5.32 Å². The van der Waals surface area contributed by atoms with Gasteiger partial charge in [-0.15, -0.1) is 0 Å². The first kappa shape index (κ1) is 21.5. The summed E-state index contributed by atoms with van der Waals surface area (Å²) in [7, 11) is -3.67. The molecule has 0 spiro atoms. The molecule has 0 bridgehead atoms. The fraction of sp³-hybridized carbons (Fsp3) is 0.316. The molecule has 0 heterocycles. The summed E-state index contributed by atoms with van der Waals surface area (Å²) in [4.78, 5) is 12.7. The summed E-state index contributed by atoms with van der Waals surface area (Å²) in [5, 5.41) is 3.68. The Morgan fingerprint density at radius 2 is 1.81 bits per heavy atom. The van der Waals surface area contributed by atoms with Gasteiger partial charge in [-0.3, -0.25) is 9.10 Å². The Kier molecular flexibility index (Phi) is 6.78. The van der Waals surface area contributed by atoms with Crippen molar-refractivity contribution in [1.29, 1.82) is 0 Å². The molecule has 0 saturated carbocycles. The summed E-state index contributed by atoms with van der Waals surface area (Å²) in [5.74, 6) is -0.424. The van der Waals surface area contributed by atoms with Gasteiger partial charge >= 0.3 is 0 Å². The molecule has 0 radical (unpaired) electrons. The fourth-order valence-corrected chi connectivity index (χ4v) is 4.43. The van der Waals surface area contributed by atoms with Crippen LogP contribution in [0.25, 0.3) is 0 Å². The van der Waals surface area contributed by atoms with Crippen molar-refractivity contribution in [3.8, 4) is 0 Å². The van der Waals surface area contributed by atoms with Crippen LogP contribution in [0.15, 0.2) is 36.4 Å². The van der Waals surface area contributed by atoms with E-state index in [1.165, 1.54) is 0 Å². The van der Waals surface area contributed by atoms with Gasteiger partial charge < -0.3 is 5.32 Å². The van der Waals surface area contributed by atoms with Crippen LogP contribution in [0, 0.1) is 13.8 Å². The molecule has 2 aromatic rings. The van der Waals surface area contributed by atoms with Crippen LogP contribution >= 0.6 is 23.2 Å². The largest absolute Gasteiger partial charge is 0.350 e. The molecule has 0 saturated heterocycles. The number of amides is 1. The molecule has 1 atom stereocenters. The zero-order valence-corrected chi connectivity index (χ0v) is 17.9. The molecule has 5 nitrogen and oxygen atoms in total. The lowest BCUT2D eigenvalue weighted by molar-refractivity contribution is -0.122. The summed E-state index contributed by atoms with van der Waals surface area (Å²) in [6.45, 7) is 5.41. The second-order valence-electron chi connectivity index (χ2n) is 6.48. The molecule has 0 aromatic heterocycles. The van der Waals surface area contributed by atoms with Crippen molar-refractivity contribution in [2.45, 2.75) is 33.4 Å². The molecule has 0 unspecified atom stereocenters. The second-order valence-corrected chi connectivity index (χ2v) is 9.18. The molecule has 0 aliphatic rings. The highest BCUT2D eigenvalue weighted by atomic mass is 35.5. The Labute approximate surface area is 170 Å². The van der Waals surface area contributed by atoms with Gasteiger partial charge in [-0.05, 0) is 55.7 Å². The molecular formula is C19H22Cl2N2O3S. The van der Waals surface area contributed by atoms with Crippen molar-refractivity contribution < 1.29 is 13.2 Å². The van der Waals surface area contributed by atoms with Crippen molar-refractivity contribution in [3.63, 3.8) is 0 Å². The van der Waals surface area contributed by atoms with Crippen LogP contribution in [0.2, 0.25) is 10.0 Å². The summed E-state index contributed by atoms with van der Waals surface area (Å²) >= 11 is 12.0. The highest BCUT2D eigenvalue weighted by molar-refractivity contribution is 7.92. The van der Waals surface area contributed by atoms with Gasteiger partial charge in [-0.25, -0.2) is 8.42 Å². The van der Waals surface area contributed by atoms with Crippen molar-refractivity contribution in [2.24, 2.45) is 0 Å². The summed E-state index contributed by atoms with van der Waals surface area (Å²) in [6, 6.07) is 9.55. The van der Waals surface area contributed by atoms with Crippen LogP contribution < -0.4 is 9.62 Å². The van der Waals surface area contributed by atoms with E-state index in [0.29, 0.717) is 21.3 Å². The van der Waals surface area contributed by atoms with E-state index in [0.717, 1.165) is 21.7 Å². The molecule has 0 fully saturated rings. The van der Waals surface area contributed by atoms with Crippen molar-refractivity contribution in [2.75, 3.05) is 10.6 Å². The first-order valence-corrected chi connectivity index (χ1v) is 10.9. The Morgan fingerprint density at radius 1 is 1.15 bits per heavy atom. The molecule has 1 N–H and O–H groups in total. The first-order chi connectivity index (χ1) is 12.5. The number of benzene rings is 2. The smallest absolute Gasteiger partial charge is 0.243 e. The van der Waals surface area contributed by atoms with Gasteiger partial charge in [0.25, 0.3) is 0 Å². The maximum Gasteiger partial charge on any atom is 0.243 e. The topological polar surface area (TPSA) is 66.5 Å². The Bertz CT molecular complexity index is 961. The van der Waals surface area contributed by atoms with Crippen LogP contribution in [-0.2, 0) is 21.4 Å². The van der Waals surface area contributed by atoms with Crippen molar-refractivity contribution in [3.05, 3.63) is 63.1 Å². The van der Waals surface area contributed by atoms with E-state index in [-0.39, 0.29) is 6.54 Å². The number of aryl methyl sites for hydroxylation is 2. The SMILES string of the molecule is Cc1ccc(C)c(N([C@H](C)C(=O)NCc2ccc(Cl)cc2Cl)S(C)(=O)=O)c1. The van der Waals surface area contributed by atoms with E-state index in [1.807, 2.05) is 26.0 Å². The molecule has 0 aliphatic carbocycles. The number of carbonyl (C=O) groups excluding carboxylic acids is 1. The van der Waals surface area contributed by atoms with E-state index >= 15 is 0 Å². The maximum atomic E-state index is 12.7. The summed E-state index contributed by atoms with van der Waals surface area (Å²) in [5.41, 5.74) is 2.86. The maximum absolute atomic E-state index is 12.7. The molecule has 2 rings (SSSR count). The Balaban J connectivity index is 2.26. The number of halogens is 2. The van der Waals surface area contributed by atoms with E-state index in [1.54, 1.807) is 31.2 Å².